The second kappa shape index (κ2) is 11.1. The van der Waals surface area contributed by atoms with Crippen LogP contribution in [0.3, 0.4) is 0 Å². The lowest BCUT2D eigenvalue weighted by Gasteiger charge is -2.49. The van der Waals surface area contributed by atoms with Crippen LogP contribution in [-0.2, 0) is 28.5 Å². The lowest BCUT2D eigenvalue weighted by molar-refractivity contribution is -0.302. The first-order valence-electron chi connectivity index (χ1n) is 9.75. The van der Waals surface area contributed by atoms with Crippen LogP contribution in [0.25, 0.3) is 0 Å². The van der Waals surface area contributed by atoms with Crippen LogP contribution in [0.1, 0.15) is 53.9 Å². The molecule has 0 saturated carbocycles. The molecule has 1 aliphatic rings. The highest BCUT2D eigenvalue weighted by molar-refractivity contribution is 5.83. The van der Waals surface area contributed by atoms with Gasteiger partial charge in [-0.25, -0.2) is 0 Å². The monoisotopic (exact) mass is 384 g/mol. The molecule has 1 saturated heterocycles. The third-order valence-electron chi connectivity index (χ3n) is 5.45. The van der Waals surface area contributed by atoms with Crippen molar-refractivity contribution < 1.29 is 28.5 Å². The summed E-state index contributed by atoms with van der Waals surface area (Å²) in [6.07, 6.45) is 4.11. The van der Waals surface area contributed by atoms with Crippen molar-refractivity contribution in [2.45, 2.75) is 78.0 Å². The number of hydrogen-bond donors (Lipinski definition) is 0. The number of ketones is 2. The van der Waals surface area contributed by atoms with Gasteiger partial charge in [0.15, 0.2) is 5.78 Å². The molecule has 156 valence electrons. The third-order valence-corrected chi connectivity index (χ3v) is 5.45. The van der Waals surface area contributed by atoms with Crippen LogP contribution in [0, 0.1) is 11.8 Å². The van der Waals surface area contributed by atoms with Gasteiger partial charge in [0.2, 0.25) is 5.79 Å². The molecule has 0 aromatic heterocycles. The highest BCUT2D eigenvalue weighted by atomic mass is 16.7. The summed E-state index contributed by atoms with van der Waals surface area (Å²) in [5, 5.41) is 0. The van der Waals surface area contributed by atoms with E-state index in [9.17, 15) is 9.59 Å². The third kappa shape index (κ3) is 5.95. The number of rotatable bonds is 11. The predicted molar refractivity (Wildman–Crippen MR) is 104 cm³/mol. The fourth-order valence-electron chi connectivity index (χ4n) is 3.95. The van der Waals surface area contributed by atoms with Crippen molar-refractivity contribution in [2.75, 3.05) is 20.8 Å². The largest absolute Gasteiger partial charge is 0.379 e. The zero-order valence-corrected chi connectivity index (χ0v) is 17.8. The number of carbonyl (C=O) groups excluding carboxylic acids is 2. The van der Waals surface area contributed by atoms with Gasteiger partial charge in [0.1, 0.15) is 11.9 Å². The molecule has 6 nitrogen and oxygen atoms in total. The zero-order chi connectivity index (χ0) is 20.6. The van der Waals surface area contributed by atoms with E-state index in [0.29, 0.717) is 12.8 Å². The smallest absolute Gasteiger partial charge is 0.229 e. The number of hydrogen-bond acceptors (Lipinski definition) is 6. The number of carbonyl (C=O) groups is 2. The molecule has 0 aromatic rings. The molecule has 0 spiro atoms. The normalized spacial score (nSPS) is 31.0. The molecule has 0 amide bonds. The van der Waals surface area contributed by atoms with E-state index in [1.54, 1.807) is 21.1 Å². The Bertz CT molecular complexity index is 513. The predicted octanol–water partition coefficient (Wildman–Crippen LogP) is 3.32. The Labute approximate surface area is 163 Å². The van der Waals surface area contributed by atoms with E-state index < -0.39 is 18.0 Å². The molecule has 6 unspecified atom stereocenters. The van der Waals surface area contributed by atoms with Gasteiger partial charge in [-0.15, -0.1) is 0 Å². The van der Waals surface area contributed by atoms with Gasteiger partial charge in [0.25, 0.3) is 0 Å². The number of methoxy groups -OCH3 is 2. The van der Waals surface area contributed by atoms with Crippen LogP contribution >= 0.6 is 0 Å². The zero-order valence-electron chi connectivity index (χ0n) is 17.8. The van der Waals surface area contributed by atoms with Crippen LogP contribution in [0.4, 0.5) is 0 Å². The first-order chi connectivity index (χ1) is 12.8. The lowest BCUT2D eigenvalue weighted by Crippen LogP contribution is -2.59. The van der Waals surface area contributed by atoms with Crippen molar-refractivity contribution >= 4 is 11.6 Å². The molecule has 1 aliphatic heterocycles. The van der Waals surface area contributed by atoms with Crippen molar-refractivity contribution in [1.82, 2.24) is 0 Å². The van der Waals surface area contributed by atoms with Gasteiger partial charge < -0.3 is 23.7 Å². The fraction of sp³-hybridized carbons (Fsp3) is 0.810. The van der Waals surface area contributed by atoms with E-state index in [1.807, 2.05) is 32.9 Å². The maximum absolute atomic E-state index is 12.5. The lowest BCUT2D eigenvalue weighted by atomic mass is 9.75. The van der Waals surface area contributed by atoms with Gasteiger partial charge in [-0.3, -0.25) is 4.79 Å². The van der Waals surface area contributed by atoms with Crippen LogP contribution in [-0.4, -0.2) is 56.5 Å². The van der Waals surface area contributed by atoms with Crippen molar-refractivity contribution in [3.8, 4) is 0 Å². The molecule has 1 rings (SSSR count). The van der Waals surface area contributed by atoms with Crippen LogP contribution < -0.4 is 0 Å². The van der Waals surface area contributed by atoms with Gasteiger partial charge in [0, 0.05) is 34.0 Å². The minimum absolute atomic E-state index is 0.0502. The molecule has 0 bridgehead atoms. The van der Waals surface area contributed by atoms with E-state index >= 15 is 0 Å². The molecule has 0 aliphatic carbocycles. The van der Waals surface area contributed by atoms with E-state index in [2.05, 4.69) is 0 Å². The summed E-state index contributed by atoms with van der Waals surface area (Å²) in [6.45, 7) is 9.29. The molecule has 0 radical (unpaired) electrons. The minimum Gasteiger partial charge on any atom is -0.379 e. The maximum atomic E-state index is 12.5. The maximum Gasteiger partial charge on any atom is 0.229 e. The quantitative estimate of drug-likeness (QED) is 0.509. The first-order valence-corrected chi connectivity index (χ1v) is 9.75. The summed E-state index contributed by atoms with van der Waals surface area (Å²) in [7, 11) is 3.24. The summed E-state index contributed by atoms with van der Waals surface area (Å²) >= 11 is 0. The van der Waals surface area contributed by atoms with Gasteiger partial charge in [-0.1, -0.05) is 26.0 Å². The SMILES string of the molecule is C/C=C\COC1(C(C)=O)CC(C)C(CC(C)=O)C(C(OC)C(CC)OC)O1. The Morgan fingerprint density at radius 1 is 1.26 bits per heavy atom. The van der Waals surface area contributed by atoms with E-state index in [4.69, 9.17) is 18.9 Å². The fourth-order valence-corrected chi connectivity index (χ4v) is 3.95. The molecular formula is C21H36O6. The van der Waals surface area contributed by atoms with Gasteiger partial charge in [-0.2, -0.15) is 0 Å². The summed E-state index contributed by atoms with van der Waals surface area (Å²) in [5.74, 6) is -1.44. The number of Topliss-reactive ketones (excluding diaryl/α,β-unsaturated/α-hetero) is 2. The van der Waals surface area contributed by atoms with Crippen LogP contribution in [0.15, 0.2) is 12.2 Å². The second-order valence-corrected chi connectivity index (χ2v) is 7.41. The Balaban J connectivity index is 3.29. The summed E-state index contributed by atoms with van der Waals surface area (Å²) in [4.78, 5) is 24.4. The van der Waals surface area contributed by atoms with E-state index in [-0.39, 0.29) is 36.1 Å². The second-order valence-electron chi connectivity index (χ2n) is 7.41. The molecule has 27 heavy (non-hydrogen) atoms. The van der Waals surface area contributed by atoms with E-state index in [1.165, 1.54) is 6.92 Å². The number of ether oxygens (including phenoxy) is 4. The minimum atomic E-state index is -1.33. The van der Waals surface area contributed by atoms with Crippen molar-refractivity contribution in [1.29, 1.82) is 0 Å². The Hall–Kier alpha value is -1.08. The van der Waals surface area contributed by atoms with E-state index in [0.717, 1.165) is 6.42 Å². The Morgan fingerprint density at radius 3 is 2.37 bits per heavy atom. The Morgan fingerprint density at radius 2 is 1.93 bits per heavy atom. The van der Waals surface area contributed by atoms with Crippen molar-refractivity contribution in [2.24, 2.45) is 11.8 Å². The molecule has 0 N–H and O–H groups in total. The van der Waals surface area contributed by atoms with Gasteiger partial charge in [0.05, 0.1) is 18.8 Å². The summed E-state index contributed by atoms with van der Waals surface area (Å²) < 4.78 is 23.6. The van der Waals surface area contributed by atoms with Crippen LogP contribution in [0.5, 0.6) is 0 Å². The first kappa shape index (κ1) is 24.0. The number of allylic oxidation sites excluding steroid dienone is 1. The molecule has 0 aromatic carbocycles. The van der Waals surface area contributed by atoms with Crippen molar-refractivity contribution in [3.63, 3.8) is 0 Å². The molecule has 1 heterocycles. The van der Waals surface area contributed by atoms with Crippen LogP contribution in [0.2, 0.25) is 0 Å². The van der Waals surface area contributed by atoms with Gasteiger partial charge >= 0.3 is 0 Å². The topological polar surface area (TPSA) is 71.1 Å². The van der Waals surface area contributed by atoms with Crippen molar-refractivity contribution in [3.05, 3.63) is 12.2 Å². The molecule has 6 atom stereocenters. The average molecular weight is 385 g/mol. The summed E-state index contributed by atoms with van der Waals surface area (Å²) in [6, 6.07) is 0. The average Bonchev–Trinajstić information content (AvgIpc) is 2.61. The highest BCUT2D eigenvalue weighted by Gasteiger charge is 2.53. The molecular weight excluding hydrogens is 348 g/mol. The Kier molecular flexibility index (Phi) is 9.81. The molecule has 6 heteroatoms. The standard InChI is InChI=1S/C21H36O6/c1-8-10-11-26-21(16(5)23)13-14(3)17(12-15(4)22)19(27-21)20(25-7)18(9-2)24-6/h8,10,14,17-20H,9,11-13H2,1-7H3/b10-8-. The van der Waals surface area contributed by atoms with Gasteiger partial charge in [-0.05, 0) is 32.1 Å². The molecule has 1 fully saturated rings. The highest BCUT2D eigenvalue weighted by Crippen LogP contribution is 2.42. The summed E-state index contributed by atoms with van der Waals surface area (Å²) in [5.41, 5.74) is 0.